The number of carbonyl (C=O) groups excluding carboxylic acids is 1. The van der Waals surface area contributed by atoms with Crippen molar-refractivity contribution in [1.82, 2.24) is 4.98 Å². The maximum absolute atomic E-state index is 12.2. The highest BCUT2D eigenvalue weighted by Gasteiger charge is 2.08. The number of hydrogen-bond donors (Lipinski definition) is 2. The molecule has 23 heavy (non-hydrogen) atoms. The molecule has 2 aromatic rings. The number of nitrogens with zero attached hydrogens (tertiary/aromatic N) is 1. The number of anilines is 2. The van der Waals surface area contributed by atoms with Crippen molar-refractivity contribution in [3.8, 4) is 0 Å². The molecular formula is C19H25N3O. The van der Waals surface area contributed by atoms with E-state index >= 15 is 0 Å². The molecule has 1 aromatic heterocycles. The van der Waals surface area contributed by atoms with Gasteiger partial charge in [0.15, 0.2) is 0 Å². The summed E-state index contributed by atoms with van der Waals surface area (Å²) in [5, 5.41) is 6.19. The van der Waals surface area contributed by atoms with E-state index in [9.17, 15) is 4.79 Å². The van der Waals surface area contributed by atoms with Crippen LogP contribution < -0.4 is 10.6 Å². The Hall–Kier alpha value is -2.36. The zero-order valence-electron chi connectivity index (χ0n) is 14.3. The van der Waals surface area contributed by atoms with E-state index in [4.69, 9.17) is 0 Å². The Bertz CT molecular complexity index is 663. The van der Waals surface area contributed by atoms with E-state index in [0.717, 1.165) is 29.9 Å². The summed E-state index contributed by atoms with van der Waals surface area (Å²) >= 11 is 0. The van der Waals surface area contributed by atoms with Gasteiger partial charge in [-0.3, -0.25) is 4.79 Å². The second-order valence-corrected chi connectivity index (χ2v) is 6.29. The molecule has 0 saturated heterocycles. The van der Waals surface area contributed by atoms with Gasteiger partial charge in [-0.1, -0.05) is 19.9 Å². The van der Waals surface area contributed by atoms with E-state index in [2.05, 4.69) is 29.5 Å². The third kappa shape index (κ3) is 5.09. The van der Waals surface area contributed by atoms with Crippen LogP contribution in [0.15, 0.2) is 36.5 Å². The molecule has 0 bridgehead atoms. The highest BCUT2D eigenvalue weighted by molar-refractivity contribution is 6.03. The van der Waals surface area contributed by atoms with Crippen LogP contribution in [0.5, 0.6) is 0 Å². The van der Waals surface area contributed by atoms with Gasteiger partial charge in [-0.2, -0.15) is 0 Å². The van der Waals surface area contributed by atoms with Crippen LogP contribution in [0.3, 0.4) is 0 Å². The molecule has 0 spiro atoms. The van der Waals surface area contributed by atoms with Crippen LogP contribution in [-0.2, 0) is 0 Å². The Kier molecular flexibility index (Phi) is 5.74. The van der Waals surface area contributed by atoms with Gasteiger partial charge in [0.1, 0.15) is 5.69 Å². The SMILES string of the molecule is Cc1ccc(NC(=O)c2ccc(NCCC(C)C)cn2)cc1C. The van der Waals surface area contributed by atoms with E-state index in [1.54, 1.807) is 12.3 Å². The summed E-state index contributed by atoms with van der Waals surface area (Å²) in [5.74, 6) is 0.473. The van der Waals surface area contributed by atoms with E-state index in [-0.39, 0.29) is 5.91 Å². The molecule has 2 rings (SSSR count). The smallest absolute Gasteiger partial charge is 0.274 e. The maximum Gasteiger partial charge on any atom is 0.274 e. The average Bonchev–Trinajstić information content (AvgIpc) is 2.51. The summed E-state index contributed by atoms with van der Waals surface area (Å²) in [6.45, 7) is 9.38. The van der Waals surface area contributed by atoms with Gasteiger partial charge in [0.25, 0.3) is 5.91 Å². The largest absolute Gasteiger partial charge is 0.384 e. The number of pyridine rings is 1. The second kappa shape index (κ2) is 7.77. The van der Waals surface area contributed by atoms with Crippen molar-refractivity contribution in [1.29, 1.82) is 0 Å². The zero-order valence-corrected chi connectivity index (χ0v) is 14.3. The van der Waals surface area contributed by atoms with Crippen LogP contribution in [0.25, 0.3) is 0 Å². The van der Waals surface area contributed by atoms with Gasteiger partial charge >= 0.3 is 0 Å². The lowest BCUT2D eigenvalue weighted by molar-refractivity contribution is 0.102. The van der Waals surface area contributed by atoms with Crippen molar-refractivity contribution in [3.05, 3.63) is 53.3 Å². The quantitative estimate of drug-likeness (QED) is 0.831. The van der Waals surface area contributed by atoms with Gasteiger partial charge in [0.05, 0.1) is 11.9 Å². The fourth-order valence-corrected chi connectivity index (χ4v) is 2.15. The molecule has 0 aliphatic rings. The highest BCUT2D eigenvalue weighted by atomic mass is 16.1. The number of amides is 1. The monoisotopic (exact) mass is 311 g/mol. The predicted molar refractivity (Wildman–Crippen MR) is 96.1 cm³/mol. The molecule has 4 heteroatoms. The molecule has 0 radical (unpaired) electrons. The van der Waals surface area contributed by atoms with Gasteiger partial charge in [-0.15, -0.1) is 0 Å². The molecular weight excluding hydrogens is 286 g/mol. The number of rotatable bonds is 6. The highest BCUT2D eigenvalue weighted by Crippen LogP contribution is 2.15. The van der Waals surface area contributed by atoms with E-state index in [1.165, 1.54) is 5.56 Å². The standard InChI is InChI=1S/C19H25N3O/c1-13(2)9-10-20-17-7-8-18(21-12-17)19(23)22-16-6-5-14(3)15(4)11-16/h5-8,11-13,20H,9-10H2,1-4H3,(H,22,23). The number of hydrogen-bond acceptors (Lipinski definition) is 3. The maximum atomic E-state index is 12.2. The fraction of sp³-hybridized carbons (Fsp3) is 0.368. The first kappa shape index (κ1) is 17.0. The summed E-state index contributed by atoms with van der Waals surface area (Å²) in [5.41, 5.74) is 4.50. The molecule has 0 aliphatic carbocycles. The topological polar surface area (TPSA) is 54.0 Å². The zero-order chi connectivity index (χ0) is 16.8. The van der Waals surface area contributed by atoms with Crippen molar-refractivity contribution in [2.24, 2.45) is 5.92 Å². The first-order valence-electron chi connectivity index (χ1n) is 8.04. The minimum absolute atomic E-state index is 0.193. The van der Waals surface area contributed by atoms with Gasteiger partial charge in [-0.05, 0) is 61.6 Å². The van der Waals surface area contributed by atoms with E-state index in [0.29, 0.717) is 11.6 Å². The van der Waals surface area contributed by atoms with Gasteiger partial charge in [0.2, 0.25) is 0 Å². The van der Waals surface area contributed by atoms with Gasteiger partial charge < -0.3 is 10.6 Å². The summed E-state index contributed by atoms with van der Waals surface area (Å²) < 4.78 is 0. The van der Waals surface area contributed by atoms with Crippen molar-refractivity contribution in [3.63, 3.8) is 0 Å². The Morgan fingerprint density at radius 3 is 2.43 bits per heavy atom. The number of carbonyl (C=O) groups is 1. The molecule has 2 N–H and O–H groups in total. The minimum Gasteiger partial charge on any atom is -0.384 e. The summed E-state index contributed by atoms with van der Waals surface area (Å²) in [4.78, 5) is 16.5. The minimum atomic E-state index is -0.193. The lowest BCUT2D eigenvalue weighted by Crippen LogP contribution is -2.14. The van der Waals surface area contributed by atoms with Crippen molar-refractivity contribution < 1.29 is 4.79 Å². The molecule has 0 fully saturated rings. The number of benzene rings is 1. The van der Waals surface area contributed by atoms with E-state index in [1.807, 2.05) is 38.1 Å². The normalized spacial score (nSPS) is 10.7. The molecule has 0 atom stereocenters. The number of aromatic nitrogens is 1. The molecule has 4 nitrogen and oxygen atoms in total. The summed E-state index contributed by atoms with van der Waals surface area (Å²) in [6, 6.07) is 9.51. The van der Waals surface area contributed by atoms with Crippen LogP contribution in [0.1, 0.15) is 41.9 Å². The third-order valence-electron chi connectivity index (χ3n) is 3.81. The molecule has 0 aliphatic heterocycles. The molecule has 0 unspecified atom stereocenters. The lowest BCUT2D eigenvalue weighted by atomic mass is 10.1. The van der Waals surface area contributed by atoms with Crippen molar-refractivity contribution in [2.45, 2.75) is 34.1 Å². The molecule has 1 aromatic carbocycles. The second-order valence-electron chi connectivity index (χ2n) is 6.29. The molecule has 122 valence electrons. The number of nitrogens with one attached hydrogen (secondary N) is 2. The van der Waals surface area contributed by atoms with Gasteiger partial charge in [-0.25, -0.2) is 4.98 Å². The lowest BCUT2D eigenvalue weighted by Gasteiger charge is -2.09. The predicted octanol–water partition coefficient (Wildman–Crippen LogP) is 4.41. The van der Waals surface area contributed by atoms with Crippen molar-refractivity contribution in [2.75, 3.05) is 17.2 Å². The first-order chi connectivity index (χ1) is 11.0. The van der Waals surface area contributed by atoms with Crippen LogP contribution >= 0.6 is 0 Å². The molecule has 0 saturated carbocycles. The van der Waals surface area contributed by atoms with Crippen LogP contribution in [0.2, 0.25) is 0 Å². The van der Waals surface area contributed by atoms with Crippen LogP contribution in [0.4, 0.5) is 11.4 Å². The van der Waals surface area contributed by atoms with Crippen LogP contribution in [0, 0.1) is 19.8 Å². The van der Waals surface area contributed by atoms with Crippen molar-refractivity contribution >= 4 is 17.3 Å². The van der Waals surface area contributed by atoms with Crippen LogP contribution in [-0.4, -0.2) is 17.4 Å². The first-order valence-corrected chi connectivity index (χ1v) is 8.04. The Morgan fingerprint density at radius 1 is 1.09 bits per heavy atom. The number of aryl methyl sites for hydroxylation is 2. The Labute approximate surface area is 138 Å². The molecule has 1 heterocycles. The Balaban J connectivity index is 1.95. The Morgan fingerprint density at radius 2 is 1.83 bits per heavy atom. The van der Waals surface area contributed by atoms with Gasteiger partial charge in [0, 0.05) is 12.2 Å². The third-order valence-corrected chi connectivity index (χ3v) is 3.81. The molecule has 1 amide bonds. The van der Waals surface area contributed by atoms with E-state index < -0.39 is 0 Å². The summed E-state index contributed by atoms with van der Waals surface area (Å²) in [7, 11) is 0. The summed E-state index contributed by atoms with van der Waals surface area (Å²) in [6.07, 6.45) is 2.81. The average molecular weight is 311 g/mol. The fourth-order valence-electron chi connectivity index (χ4n) is 2.15.